The lowest BCUT2D eigenvalue weighted by Gasteiger charge is -2.38. The molecule has 1 fully saturated rings. The number of piperidine rings is 1. The minimum atomic E-state index is -4.57. The lowest BCUT2D eigenvalue weighted by atomic mass is 9.91. The smallest absolute Gasteiger partial charge is 0.433 e. The Hall–Kier alpha value is -3.09. The van der Waals surface area contributed by atoms with Crippen molar-refractivity contribution in [1.82, 2.24) is 19.9 Å². The Morgan fingerprint density at radius 1 is 1.25 bits per heavy atom. The van der Waals surface area contributed by atoms with Gasteiger partial charge >= 0.3 is 12.1 Å². The number of aryl methyl sites for hydroxylation is 1. The highest BCUT2D eigenvalue weighted by molar-refractivity contribution is 7.15. The van der Waals surface area contributed by atoms with Crippen molar-refractivity contribution < 1.29 is 27.8 Å². The Bertz CT molecular complexity index is 1240. The molecular weight excluding hydrogens is 495 g/mol. The second-order valence-electron chi connectivity index (χ2n) is 8.77. The van der Waals surface area contributed by atoms with Crippen molar-refractivity contribution in [2.75, 3.05) is 25.5 Å². The molecule has 1 aliphatic rings. The molecule has 36 heavy (non-hydrogen) atoms. The van der Waals surface area contributed by atoms with Crippen molar-refractivity contribution in [3.8, 4) is 10.4 Å². The van der Waals surface area contributed by atoms with Crippen molar-refractivity contribution >= 4 is 28.9 Å². The van der Waals surface area contributed by atoms with Crippen molar-refractivity contribution in [1.29, 1.82) is 0 Å². The molecule has 192 valence electrons. The molecular formula is C24H26F3N5O3S. The molecule has 0 bridgehead atoms. The number of hydrogen-bond donors (Lipinski definition) is 2. The molecule has 0 aliphatic carbocycles. The van der Waals surface area contributed by atoms with Crippen molar-refractivity contribution in [3.05, 3.63) is 52.9 Å². The van der Waals surface area contributed by atoms with Gasteiger partial charge in [-0.05, 0) is 56.0 Å². The van der Waals surface area contributed by atoms with E-state index in [1.807, 2.05) is 17.9 Å². The van der Waals surface area contributed by atoms with Gasteiger partial charge in [0.2, 0.25) is 5.95 Å². The average molecular weight is 522 g/mol. The Kier molecular flexibility index (Phi) is 7.30. The molecule has 0 saturated carbocycles. The van der Waals surface area contributed by atoms with Crippen LogP contribution in [0.4, 0.5) is 24.8 Å². The molecule has 0 amide bonds. The predicted octanol–water partition coefficient (Wildman–Crippen LogP) is 4.52. The fourth-order valence-electron chi connectivity index (χ4n) is 4.14. The molecule has 1 aliphatic heterocycles. The molecule has 1 atom stereocenters. The zero-order chi connectivity index (χ0) is 26.1. The van der Waals surface area contributed by atoms with Gasteiger partial charge in [0, 0.05) is 31.2 Å². The molecule has 4 rings (SSSR count). The normalized spacial score (nSPS) is 17.0. The predicted molar refractivity (Wildman–Crippen MR) is 129 cm³/mol. The average Bonchev–Trinajstić information content (AvgIpc) is 3.34. The number of thiazole rings is 1. The van der Waals surface area contributed by atoms with E-state index < -0.39 is 17.5 Å². The van der Waals surface area contributed by atoms with E-state index in [1.54, 1.807) is 25.3 Å². The van der Waals surface area contributed by atoms with Crippen LogP contribution in [-0.4, -0.2) is 57.2 Å². The third-order valence-corrected chi connectivity index (χ3v) is 7.42. The first-order chi connectivity index (χ1) is 17.0. The maximum Gasteiger partial charge on any atom is 0.433 e. The minimum absolute atomic E-state index is 0.159. The summed E-state index contributed by atoms with van der Waals surface area (Å²) in [7, 11) is 1.36. The number of alkyl halides is 3. The molecule has 2 aromatic heterocycles. The molecule has 0 spiro atoms. The molecule has 3 heterocycles. The van der Waals surface area contributed by atoms with Gasteiger partial charge in [-0.25, -0.2) is 15.0 Å². The Balaban J connectivity index is 1.51. The summed E-state index contributed by atoms with van der Waals surface area (Å²) in [4.78, 5) is 26.5. The van der Waals surface area contributed by atoms with Crippen molar-refractivity contribution in [2.45, 2.75) is 44.5 Å². The van der Waals surface area contributed by atoms with Crippen LogP contribution in [0.3, 0.4) is 0 Å². The van der Waals surface area contributed by atoms with E-state index in [0.29, 0.717) is 36.6 Å². The number of anilines is 2. The molecule has 2 N–H and O–H groups in total. The number of ether oxygens (including phenoxy) is 1. The number of carbonyl (C=O) groups excluding carboxylic acids is 1. The van der Waals surface area contributed by atoms with Gasteiger partial charge in [0.15, 0.2) is 0 Å². The molecule has 12 heteroatoms. The third kappa shape index (κ3) is 5.66. The Labute approximate surface area is 210 Å². The van der Waals surface area contributed by atoms with Crippen molar-refractivity contribution in [2.24, 2.45) is 0 Å². The number of aromatic nitrogens is 3. The van der Waals surface area contributed by atoms with E-state index in [2.05, 4.69) is 20.3 Å². The maximum atomic E-state index is 13.0. The topological polar surface area (TPSA) is 100 Å². The van der Waals surface area contributed by atoms with Crippen LogP contribution in [0, 0.1) is 6.92 Å². The van der Waals surface area contributed by atoms with Gasteiger partial charge in [-0.2, -0.15) is 13.2 Å². The molecule has 1 saturated heterocycles. The summed E-state index contributed by atoms with van der Waals surface area (Å²) in [6.07, 6.45) is -0.976. The largest absolute Gasteiger partial charge is 0.468 e. The van der Waals surface area contributed by atoms with Gasteiger partial charge in [-0.3, -0.25) is 9.69 Å². The first-order valence-corrected chi connectivity index (χ1v) is 12.1. The number of carbonyl (C=O) groups is 1. The van der Waals surface area contributed by atoms with Gasteiger partial charge in [0.1, 0.15) is 22.3 Å². The number of nitrogens with zero attached hydrogens (tertiary/aromatic N) is 4. The number of nitrogens with one attached hydrogen (secondary N) is 1. The van der Waals surface area contributed by atoms with Crippen LogP contribution < -0.4 is 5.32 Å². The number of hydrogen-bond acceptors (Lipinski definition) is 9. The lowest BCUT2D eigenvalue weighted by molar-refractivity contribution is -0.148. The second-order valence-corrected chi connectivity index (χ2v) is 9.80. The monoisotopic (exact) mass is 521 g/mol. The van der Waals surface area contributed by atoms with Gasteiger partial charge < -0.3 is 15.2 Å². The zero-order valence-corrected chi connectivity index (χ0v) is 20.8. The Morgan fingerprint density at radius 2 is 1.97 bits per heavy atom. The fourth-order valence-corrected chi connectivity index (χ4v) is 5.19. The number of aliphatic hydroxyl groups is 1. The summed E-state index contributed by atoms with van der Waals surface area (Å²) >= 11 is 1.36. The van der Waals surface area contributed by atoms with E-state index in [0.717, 1.165) is 28.3 Å². The van der Waals surface area contributed by atoms with Gasteiger partial charge in [-0.1, -0.05) is 6.07 Å². The van der Waals surface area contributed by atoms with E-state index in [-0.39, 0.29) is 18.0 Å². The van der Waals surface area contributed by atoms with Crippen LogP contribution >= 0.6 is 11.3 Å². The first kappa shape index (κ1) is 26.0. The van der Waals surface area contributed by atoms with E-state index in [9.17, 15) is 23.1 Å². The highest BCUT2D eigenvalue weighted by atomic mass is 32.1. The van der Waals surface area contributed by atoms with Crippen LogP contribution in [0.25, 0.3) is 10.4 Å². The van der Waals surface area contributed by atoms with Crippen LogP contribution in [0.1, 0.15) is 36.0 Å². The van der Waals surface area contributed by atoms with Crippen LogP contribution in [0.2, 0.25) is 0 Å². The molecule has 8 nitrogen and oxygen atoms in total. The van der Waals surface area contributed by atoms with Gasteiger partial charge in [-0.15, -0.1) is 11.3 Å². The number of methoxy groups -OCH3 is 1. The Morgan fingerprint density at radius 3 is 2.64 bits per heavy atom. The maximum absolute atomic E-state index is 13.0. The summed E-state index contributed by atoms with van der Waals surface area (Å²) in [6.45, 7) is 4.70. The van der Waals surface area contributed by atoms with Crippen LogP contribution in [0.15, 0.2) is 36.7 Å². The number of rotatable bonds is 6. The summed E-state index contributed by atoms with van der Waals surface area (Å²) in [5.74, 6) is -0.468. The van der Waals surface area contributed by atoms with E-state index in [1.165, 1.54) is 18.4 Å². The third-order valence-electron chi connectivity index (χ3n) is 6.18. The zero-order valence-electron chi connectivity index (χ0n) is 20.0. The molecule has 3 aromatic rings. The van der Waals surface area contributed by atoms with Gasteiger partial charge in [0.25, 0.3) is 0 Å². The van der Waals surface area contributed by atoms with Crippen molar-refractivity contribution in [3.63, 3.8) is 0 Å². The van der Waals surface area contributed by atoms with Crippen LogP contribution in [-0.2, 0) is 21.3 Å². The fraction of sp³-hybridized carbons (Fsp3) is 0.417. The highest BCUT2D eigenvalue weighted by Crippen LogP contribution is 2.39. The first-order valence-electron chi connectivity index (χ1n) is 11.3. The molecule has 0 radical (unpaired) electrons. The van der Waals surface area contributed by atoms with Gasteiger partial charge in [0.05, 0.1) is 12.0 Å². The quantitative estimate of drug-likeness (QED) is 0.457. The van der Waals surface area contributed by atoms with E-state index in [4.69, 9.17) is 4.74 Å². The van der Waals surface area contributed by atoms with Crippen LogP contribution in [0.5, 0.6) is 0 Å². The standard InChI is InChI=1S/C24H26F3N5O3S/c1-14-10-16(12-17(11-14)30-22-28-7-4-19(31-22)24(25,26)27)18-13-29-21(36-18)23(34)5-8-32(9-6-23)15(2)20(33)35-3/h4,7,10-13,15,34H,5-6,8-9H2,1-3H3,(H,28,30,31). The summed E-state index contributed by atoms with van der Waals surface area (Å²) in [5.41, 5.74) is 0.0733. The molecule has 1 aromatic carbocycles. The summed E-state index contributed by atoms with van der Waals surface area (Å²) in [5, 5.41) is 14.7. The SMILES string of the molecule is COC(=O)C(C)N1CCC(O)(c2ncc(-c3cc(C)cc(Nc4nccc(C(F)(F)F)n4)c3)s2)CC1. The molecule has 1 unspecified atom stereocenters. The summed E-state index contributed by atoms with van der Waals surface area (Å²) < 4.78 is 43.8. The number of halogens is 3. The number of esters is 1. The summed E-state index contributed by atoms with van der Waals surface area (Å²) in [6, 6.07) is 5.92. The van der Waals surface area contributed by atoms with E-state index >= 15 is 0 Å². The number of likely N-dealkylation sites (tertiary alicyclic amines) is 1. The second kappa shape index (κ2) is 10.1. The lowest BCUT2D eigenvalue weighted by Crippen LogP contribution is -2.48. The highest BCUT2D eigenvalue weighted by Gasteiger charge is 2.39. The number of benzene rings is 1. The minimum Gasteiger partial charge on any atom is -0.468 e.